The van der Waals surface area contributed by atoms with E-state index in [9.17, 15) is 0 Å². The molecule has 5 heteroatoms. The third-order valence-electron chi connectivity index (χ3n) is 4.70. The quantitative estimate of drug-likeness (QED) is 0.477. The highest BCUT2D eigenvalue weighted by atomic mass is 16.5. The zero-order chi connectivity index (χ0) is 19.8. The van der Waals surface area contributed by atoms with Crippen molar-refractivity contribution in [2.45, 2.75) is 32.2 Å². The van der Waals surface area contributed by atoms with E-state index in [4.69, 9.17) is 4.52 Å². The van der Waals surface area contributed by atoms with E-state index in [0.29, 0.717) is 12.5 Å². The molecule has 1 heterocycles. The maximum absolute atomic E-state index is 5.39. The molecule has 3 rings (SSSR count). The van der Waals surface area contributed by atoms with E-state index in [1.54, 1.807) is 7.05 Å². The minimum Gasteiger partial charge on any atom is -0.359 e. The molecular weight excluding hydrogens is 348 g/mol. The number of nitrogens with zero attached hydrogens (tertiary/aromatic N) is 2. The molecule has 146 valence electrons. The number of rotatable bonds is 7. The van der Waals surface area contributed by atoms with Gasteiger partial charge in [0.25, 0.3) is 0 Å². The maximum Gasteiger partial charge on any atom is 0.191 e. The van der Waals surface area contributed by atoms with Crippen LogP contribution < -0.4 is 10.6 Å². The third-order valence-corrected chi connectivity index (χ3v) is 4.70. The van der Waals surface area contributed by atoms with Crippen molar-refractivity contribution in [3.8, 4) is 0 Å². The fraction of sp³-hybridized carbons (Fsp3) is 0.304. The Morgan fingerprint density at radius 1 is 0.964 bits per heavy atom. The van der Waals surface area contributed by atoms with Gasteiger partial charge in [-0.25, -0.2) is 0 Å². The van der Waals surface area contributed by atoms with Crippen LogP contribution in [-0.2, 0) is 6.54 Å². The van der Waals surface area contributed by atoms with E-state index in [-0.39, 0.29) is 5.92 Å². The predicted molar refractivity (Wildman–Crippen MR) is 114 cm³/mol. The molecule has 28 heavy (non-hydrogen) atoms. The average Bonchev–Trinajstić information content (AvgIpc) is 3.21. The summed E-state index contributed by atoms with van der Waals surface area (Å²) >= 11 is 0. The van der Waals surface area contributed by atoms with Crippen molar-refractivity contribution in [1.29, 1.82) is 0 Å². The lowest BCUT2D eigenvalue weighted by Crippen LogP contribution is -2.39. The minimum atomic E-state index is 0.235. The molecule has 1 aromatic heterocycles. The summed E-state index contributed by atoms with van der Waals surface area (Å²) in [6, 6.07) is 23.0. The molecule has 0 saturated heterocycles. The summed E-state index contributed by atoms with van der Waals surface area (Å²) in [5, 5.41) is 10.8. The highest BCUT2D eigenvalue weighted by Gasteiger charge is 2.15. The highest BCUT2D eigenvalue weighted by molar-refractivity contribution is 5.79. The van der Waals surface area contributed by atoms with E-state index in [2.05, 4.69) is 83.2 Å². The van der Waals surface area contributed by atoms with E-state index in [1.807, 2.05) is 18.2 Å². The molecule has 0 atom stereocenters. The van der Waals surface area contributed by atoms with E-state index in [1.165, 1.54) is 11.1 Å². The molecule has 0 aliphatic carbocycles. The molecule has 0 aliphatic rings. The molecular formula is C23H28N4O. The van der Waals surface area contributed by atoms with Crippen molar-refractivity contribution < 1.29 is 4.52 Å². The number of aromatic nitrogens is 1. The predicted octanol–water partition coefficient (Wildman–Crippen LogP) is 4.30. The van der Waals surface area contributed by atoms with Crippen LogP contribution in [0.2, 0.25) is 0 Å². The molecule has 0 unspecified atom stereocenters. The molecule has 0 fully saturated rings. The second-order valence-corrected chi connectivity index (χ2v) is 7.05. The van der Waals surface area contributed by atoms with Gasteiger partial charge in [0.05, 0.1) is 12.2 Å². The van der Waals surface area contributed by atoms with Crippen LogP contribution in [-0.4, -0.2) is 24.7 Å². The first-order valence-corrected chi connectivity index (χ1v) is 9.67. The molecule has 0 saturated carbocycles. The molecule has 3 aromatic rings. The van der Waals surface area contributed by atoms with Gasteiger partial charge in [-0.15, -0.1) is 0 Å². The monoisotopic (exact) mass is 376 g/mol. The van der Waals surface area contributed by atoms with Gasteiger partial charge in [0.1, 0.15) is 0 Å². The Morgan fingerprint density at radius 2 is 1.57 bits per heavy atom. The van der Waals surface area contributed by atoms with Gasteiger partial charge in [0, 0.05) is 25.6 Å². The molecule has 0 bridgehead atoms. The Bertz CT molecular complexity index is 832. The van der Waals surface area contributed by atoms with Crippen LogP contribution in [0.3, 0.4) is 0 Å². The number of guanidine groups is 1. The average molecular weight is 377 g/mol. The van der Waals surface area contributed by atoms with E-state index < -0.39 is 0 Å². The first kappa shape index (κ1) is 19.7. The SMILES string of the molecule is CN=C(NCc1cc(C(C)C)no1)NCC(c1ccccc1)c1ccccc1. The number of aliphatic imine (C=N–C) groups is 1. The summed E-state index contributed by atoms with van der Waals surface area (Å²) in [6.45, 7) is 5.48. The van der Waals surface area contributed by atoms with Crippen LogP contribution in [0.4, 0.5) is 0 Å². The lowest BCUT2D eigenvalue weighted by molar-refractivity contribution is 0.372. The van der Waals surface area contributed by atoms with Gasteiger partial charge in [-0.2, -0.15) is 0 Å². The zero-order valence-corrected chi connectivity index (χ0v) is 16.7. The summed E-state index contributed by atoms with van der Waals surface area (Å²) in [7, 11) is 1.77. The summed E-state index contributed by atoms with van der Waals surface area (Å²) in [6.07, 6.45) is 0. The van der Waals surface area contributed by atoms with Crippen molar-refractivity contribution in [1.82, 2.24) is 15.8 Å². The topological polar surface area (TPSA) is 62.5 Å². The van der Waals surface area contributed by atoms with Crippen LogP contribution in [0.1, 0.15) is 48.3 Å². The number of benzene rings is 2. The van der Waals surface area contributed by atoms with Crippen LogP contribution in [0, 0.1) is 0 Å². The summed E-state index contributed by atoms with van der Waals surface area (Å²) in [5.41, 5.74) is 3.51. The van der Waals surface area contributed by atoms with Gasteiger partial charge in [-0.05, 0) is 17.0 Å². The fourth-order valence-electron chi connectivity index (χ4n) is 3.07. The van der Waals surface area contributed by atoms with Gasteiger partial charge in [-0.3, -0.25) is 4.99 Å². The zero-order valence-electron chi connectivity index (χ0n) is 16.7. The molecule has 0 aliphatic heterocycles. The van der Waals surface area contributed by atoms with E-state index >= 15 is 0 Å². The Morgan fingerprint density at radius 3 is 2.07 bits per heavy atom. The molecule has 5 nitrogen and oxygen atoms in total. The lowest BCUT2D eigenvalue weighted by Gasteiger charge is -2.20. The Kier molecular flexibility index (Phi) is 6.84. The standard InChI is InChI=1S/C23H28N4O/c1-17(2)22-14-20(28-27-22)15-25-23(24-3)26-16-21(18-10-6-4-7-11-18)19-12-8-5-9-13-19/h4-14,17,21H,15-16H2,1-3H3,(H2,24,25,26). The van der Waals surface area contributed by atoms with Crippen molar-refractivity contribution in [2.75, 3.05) is 13.6 Å². The Hall–Kier alpha value is -3.08. The van der Waals surface area contributed by atoms with Gasteiger partial charge in [0.15, 0.2) is 11.7 Å². The normalized spacial score (nSPS) is 11.8. The third kappa shape index (κ3) is 5.22. The number of hydrogen-bond donors (Lipinski definition) is 2. The smallest absolute Gasteiger partial charge is 0.191 e. The van der Waals surface area contributed by atoms with Crippen LogP contribution in [0.15, 0.2) is 76.2 Å². The van der Waals surface area contributed by atoms with Gasteiger partial charge < -0.3 is 15.2 Å². The first-order chi connectivity index (χ1) is 13.7. The van der Waals surface area contributed by atoms with Gasteiger partial charge in [0.2, 0.25) is 0 Å². The van der Waals surface area contributed by atoms with Crippen molar-refractivity contribution >= 4 is 5.96 Å². The fourth-order valence-corrected chi connectivity index (χ4v) is 3.07. The maximum atomic E-state index is 5.39. The van der Waals surface area contributed by atoms with Gasteiger partial charge in [-0.1, -0.05) is 79.7 Å². The van der Waals surface area contributed by atoms with Crippen LogP contribution in [0.5, 0.6) is 0 Å². The number of nitrogens with one attached hydrogen (secondary N) is 2. The molecule has 2 aromatic carbocycles. The lowest BCUT2D eigenvalue weighted by atomic mass is 9.91. The molecule has 0 spiro atoms. The van der Waals surface area contributed by atoms with Crippen LogP contribution in [0.25, 0.3) is 0 Å². The Balaban J connectivity index is 1.64. The molecule has 0 amide bonds. The van der Waals surface area contributed by atoms with Gasteiger partial charge >= 0.3 is 0 Å². The largest absolute Gasteiger partial charge is 0.359 e. The summed E-state index contributed by atoms with van der Waals surface area (Å²) < 4.78 is 5.39. The van der Waals surface area contributed by atoms with Crippen molar-refractivity contribution in [3.63, 3.8) is 0 Å². The Labute approximate surface area is 166 Å². The highest BCUT2D eigenvalue weighted by Crippen LogP contribution is 2.23. The summed E-state index contributed by atoms with van der Waals surface area (Å²) in [4.78, 5) is 4.34. The second-order valence-electron chi connectivity index (χ2n) is 7.05. The number of hydrogen-bond acceptors (Lipinski definition) is 3. The minimum absolute atomic E-state index is 0.235. The van der Waals surface area contributed by atoms with Crippen molar-refractivity contribution in [2.24, 2.45) is 4.99 Å². The summed E-state index contributed by atoms with van der Waals surface area (Å²) in [5.74, 6) is 2.12. The van der Waals surface area contributed by atoms with Crippen LogP contribution >= 0.6 is 0 Å². The molecule has 0 radical (unpaired) electrons. The van der Waals surface area contributed by atoms with E-state index in [0.717, 1.165) is 24.0 Å². The van der Waals surface area contributed by atoms with Crippen molar-refractivity contribution in [3.05, 3.63) is 89.3 Å². The molecule has 2 N–H and O–H groups in total. The second kappa shape index (κ2) is 9.74. The first-order valence-electron chi connectivity index (χ1n) is 9.67.